The van der Waals surface area contributed by atoms with Gasteiger partial charge < -0.3 is 15.4 Å². The van der Waals surface area contributed by atoms with Crippen molar-refractivity contribution in [1.29, 1.82) is 0 Å². The van der Waals surface area contributed by atoms with Crippen molar-refractivity contribution in [2.45, 2.75) is 19.1 Å². The first-order chi connectivity index (χ1) is 5.77. The molecule has 0 spiro atoms. The highest BCUT2D eigenvalue weighted by atomic mass is 16.5. The van der Waals surface area contributed by atoms with E-state index in [2.05, 4.69) is 17.6 Å². The van der Waals surface area contributed by atoms with Gasteiger partial charge in [0.05, 0.1) is 12.1 Å². The topological polar surface area (TPSA) is 50.4 Å². The van der Waals surface area contributed by atoms with Crippen LogP contribution >= 0.6 is 0 Å². The Morgan fingerprint density at radius 1 is 1.50 bits per heavy atom. The summed E-state index contributed by atoms with van der Waals surface area (Å²) < 4.78 is 5.45. The second-order valence-corrected chi connectivity index (χ2v) is 3.59. The Bertz CT molecular complexity index is 195. The Kier molecular flexibility index (Phi) is 2.02. The molecule has 2 N–H and O–H groups in total. The maximum atomic E-state index is 11.0. The van der Waals surface area contributed by atoms with Crippen molar-refractivity contribution in [3.63, 3.8) is 0 Å². The SMILES string of the molecule is C[C@@H]1CNC[C@@H]2NC(=O)CO[C@H]12. The molecule has 0 aliphatic carbocycles. The summed E-state index contributed by atoms with van der Waals surface area (Å²) >= 11 is 0. The van der Waals surface area contributed by atoms with Crippen LogP contribution in [0.3, 0.4) is 0 Å². The van der Waals surface area contributed by atoms with Crippen LogP contribution in [0.1, 0.15) is 6.92 Å². The monoisotopic (exact) mass is 170 g/mol. The van der Waals surface area contributed by atoms with Crippen LogP contribution in [0.4, 0.5) is 0 Å². The zero-order valence-corrected chi connectivity index (χ0v) is 7.17. The molecule has 68 valence electrons. The Morgan fingerprint density at radius 2 is 2.33 bits per heavy atom. The quantitative estimate of drug-likeness (QED) is 0.496. The molecule has 0 saturated carbocycles. The molecule has 0 radical (unpaired) electrons. The predicted octanol–water partition coefficient (Wildman–Crippen LogP) is -0.891. The summed E-state index contributed by atoms with van der Waals surface area (Å²) in [6.45, 7) is 4.19. The van der Waals surface area contributed by atoms with E-state index in [0.29, 0.717) is 5.92 Å². The lowest BCUT2D eigenvalue weighted by atomic mass is 9.93. The van der Waals surface area contributed by atoms with Crippen molar-refractivity contribution >= 4 is 5.91 Å². The minimum atomic E-state index is 0.00662. The van der Waals surface area contributed by atoms with Crippen molar-refractivity contribution in [3.05, 3.63) is 0 Å². The Balaban J connectivity index is 2.04. The van der Waals surface area contributed by atoms with Gasteiger partial charge in [-0.1, -0.05) is 6.92 Å². The summed E-state index contributed by atoms with van der Waals surface area (Å²) in [5.41, 5.74) is 0. The van der Waals surface area contributed by atoms with Crippen molar-refractivity contribution in [2.24, 2.45) is 5.92 Å². The van der Waals surface area contributed by atoms with Crippen LogP contribution in [-0.4, -0.2) is 37.7 Å². The Morgan fingerprint density at radius 3 is 3.17 bits per heavy atom. The number of ether oxygens (including phenoxy) is 1. The molecular formula is C8H14N2O2. The molecule has 0 aromatic carbocycles. The summed E-state index contributed by atoms with van der Waals surface area (Å²) in [7, 11) is 0. The molecule has 4 heteroatoms. The number of amides is 1. The van der Waals surface area contributed by atoms with E-state index in [-0.39, 0.29) is 24.7 Å². The predicted molar refractivity (Wildman–Crippen MR) is 43.7 cm³/mol. The van der Waals surface area contributed by atoms with Gasteiger partial charge in [0, 0.05) is 13.1 Å². The number of carbonyl (C=O) groups excluding carboxylic acids is 1. The average Bonchev–Trinajstić information content (AvgIpc) is 2.04. The zero-order chi connectivity index (χ0) is 8.55. The van der Waals surface area contributed by atoms with E-state index >= 15 is 0 Å². The zero-order valence-electron chi connectivity index (χ0n) is 7.17. The third-order valence-electron chi connectivity index (χ3n) is 2.54. The number of nitrogens with one attached hydrogen (secondary N) is 2. The molecular weight excluding hydrogens is 156 g/mol. The van der Waals surface area contributed by atoms with Crippen molar-refractivity contribution < 1.29 is 9.53 Å². The number of rotatable bonds is 0. The molecule has 2 fully saturated rings. The molecule has 12 heavy (non-hydrogen) atoms. The van der Waals surface area contributed by atoms with Crippen LogP contribution in [0, 0.1) is 5.92 Å². The lowest BCUT2D eigenvalue weighted by Gasteiger charge is -2.40. The fourth-order valence-corrected chi connectivity index (χ4v) is 1.93. The highest BCUT2D eigenvalue weighted by Crippen LogP contribution is 2.17. The van der Waals surface area contributed by atoms with Gasteiger partial charge in [0.1, 0.15) is 6.61 Å². The lowest BCUT2D eigenvalue weighted by molar-refractivity contribution is -0.141. The van der Waals surface area contributed by atoms with Gasteiger partial charge in [0.25, 0.3) is 0 Å². The van der Waals surface area contributed by atoms with Gasteiger partial charge in [-0.15, -0.1) is 0 Å². The molecule has 2 heterocycles. The summed E-state index contributed by atoms with van der Waals surface area (Å²) in [6, 6.07) is 0.176. The molecule has 0 aromatic heterocycles. The minimum absolute atomic E-state index is 0.00662. The van der Waals surface area contributed by atoms with E-state index < -0.39 is 0 Å². The normalized spacial score (nSPS) is 41.8. The van der Waals surface area contributed by atoms with Crippen molar-refractivity contribution in [3.8, 4) is 0 Å². The van der Waals surface area contributed by atoms with E-state index in [1.807, 2.05) is 0 Å². The Hall–Kier alpha value is -0.610. The van der Waals surface area contributed by atoms with Crippen molar-refractivity contribution in [1.82, 2.24) is 10.6 Å². The standard InChI is InChI=1S/C8H14N2O2/c1-5-2-9-3-6-8(5)12-4-7(11)10-6/h5-6,8-9H,2-4H2,1H3,(H,10,11)/t5-,6+,8-/m1/s1. The van der Waals surface area contributed by atoms with Gasteiger partial charge in [-0.05, 0) is 5.92 Å². The van der Waals surface area contributed by atoms with Gasteiger partial charge in [0.15, 0.2) is 0 Å². The van der Waals surface area contributed by atoms with Gasteiger partial charge in [-0.2, -0.15) is 0 Å². The van der Waals surface area contributed by atoms with Crippen molar-refractivity contribution in [2.75, 3.05) is 19.7 Å². The first-order valence-corrected chi connectivity index (χ1v) is 4.39. The fourth-order valence-electron chi connectivity index (χ4n) is 1.93. The minimum Gasteiger partial charge on any atom is -0.366 e. The number of fused-ring (bicyclic) bond motifs is 1. The smallest absolute Gasteiger partial charge is 0.246 e. The second-order valence-electron chi connectivity index (χ2n) is 3.59. The number of piperidine rings is 1. The van der Waals surface area contributed by atoms with Crippen LogP contribution in [0.25, 0.3) is 0 Å². The maximum absolute atomic E-state index is 11.0. The molecule has 2 rings (SSSR count). The van der Waals surface area contributed by atoms with Gasteiger partial charge in [0.2, 0.25) is 5.91 Å². The highest BCUT2D eigenvalue weighted by Gasteiger charge is 2.35. The van der Waals surface area contributed by atoms with E-state index in [9.17, 15) is 4.79 Å². The van der Waals surface area contributed by atoms with Crippen LogP contribution in [-0.2, 0) is 9.53 Å². The maximum Gasteiger partial charge on any atom is 0.246 e. The van der Waals surface area contributed by atoms with E-state index in [4.69, 9.17) is 4.74 Å². The second kappa shape index (κ2) is 3.03. The van der Waals surface area contributed by atoms with Gasteiger partial charge >= 0.3 is 0 Å². The molecule has 2 aliphatic heterocycles. The fraction of sp³-hybridized carbons (Fsp3) is 0.875. The van der Waals surface area contributed by atoms with E-state index in [1.165, 1.54) is 0 Å². The largest absolute Gasteiger partial charge is 0.366 e. The molecule has 0 aromatic rings. The number of hydrogen-bond donors (Lipinski definition) is 2. The van der Waals surface area contributed by atoms with Crippen LogP contribution in [0.15, 0.2) is 0 Å². The molecule has 2 saturated heterocycles. The number of hydrogen-bond acceptors (Lipinski definition) is 3. The third-order valence-corrected chi connectivity index (χ3v) is 2.54. The summed E-state index contributed by atoms with van der Waals surface area (Å²) in [5.74, 6) is 0.497. The molecule has 2 aliphatic rings. The molecule has 4 nitrogen and oxygen atoms in total. The highest BCUT2D eigenvalue weighted by molar-refractivity contribution is 5.78. The molecule has 3 atom stereocenters. The van der Waals surface area contributed by atoms with E-state index in [0.717, 1.165) is 13.1 Å². The van der Waals surface area contributed by atoms with Crippen LogP contribution in [0.2, 0.25) is 0 Å². The van der Waals surface area contributed by atoms with E-state index in [1.54, 1.807) is 0 Å². The molecule has 0 bridgehead atoms. The molecule has 0 unspecified atom stereocenters. The third kappa shape index (κ3) is 1.32. The lowest BCUT2D eigenvalue weighted by Crippen LogP contribution is -2.62. The summed E-state index contributed by atoms with van der Waals surface area (Å²) in [4.78, 5) is 11.0. The summed E-state index contributed by atoms with van der Waals surface area (Å²) in [6.07, 6.45) is 0.212. The first kappa shape index (κ1) is 8.01. The number of carbonyl (C=O) groups is 1. The van der Waals surface area contributed by atoms with Gasteiger partial charge in [-0.3, -0.25) is 4.79 Å². The van der Waals surface area contributed by atoms with Crippen LogP contribution in [0.5, 0.6) is 0 Å². The number of morpholine rings is 1. The molecule has 1 amide bonds. The average molecular weight is 170 g/mol. The Labute approximate surface area is 71.7 Å². The first-order valence-electron chi connectivity index (χ1n) is 4.39. The van der Waals surface area contributed by atoms with Gasteiger partial charge in [-0.25, -0.2) is 0 Å². The van der Waals surface area contributed by atoms with Crippen LogP contribution < -0.4 is 10.6 Å². The summed E-state index contributed by atoms with van der Waals surface area (Å²) in [5, 5.41) is 6.18.